The molecule has 0 radical (unpaired) electrons. The maximum atomic E-state index is 12.6. The van der Waals surface area contributed by atoms with Gasteiger partial charge in [-0.3, -0.25) is 28.8 Å². The number of primary amides is 1. The van der Waals surface area contributed by atoms with Gasteiger partial charge < -0.3 is 21.5 Å². The highest BCUT2D eigenvalue weighted by molar-refractivity contribution is 5.96. The Balaban J connectivity index is 0.00000122. The van der Waals surface area contributed by atoms with Gasteiger partial charge in [0.15, 0.2) is 0 Å². The number of pyridine rings is 1. The molecule has 1 aliphatic rings. The van der Waals surface area contributed by atoms with Crippen LogP contribution in [0.5, 0.6) is 0 Å². The van der Waals surface area contributed by atoms with Crippen LogP contribution < -0.4 is 16.4 Å². The monoisotopic (exact) mass is 460 g/mol. The summed E-state index contributed by atoms with van der Waals surface area (Å²) in [5, 5.41) is 16.9. The number of nitrogens with zero attached hydrogens (tertiary/aromatic N) is 3. The largest absolute Gasteiger partial charge is 0.483 e. The average Bonchev–Trinajstić information content (AvgIpc) is 3.14. The van der Waals surface area contributed by atoms with Crippen molar-refractivity contribution in [2.45, 2.75) is 58.0 Å². The van der Waals surface area contributed by atoms with Crippen molar-refractivity contribution in [2.24, 2.45) is 24.6 Å². The number of carbonyl (C=O) groups excluding carboxylic acids is 3. The number of nitrogens with two attached hydrogens (primary N) is 1. The highest BCUT2D eigenvalue weighted by Crippen LogP contribution is 2.25. The van der Waals surface area contributed by atoms with Crippen molar-refractivity contribution in [3.8, 4) is 0 Å². The summed E-state index contributed by atoms with van der Waals surface area (Å²) in [6, 6.07) is 1.15. The van der Waals surface area contributed by atoms with Gasteiger partial charge >= 0.3 is 0 Å². The van der Waals surface area contributed by atoms with Crippen LogP contribution >= 0.6 is 0 Å². The van der Waals surface area contributed by atoms with Crippen molar-refractivity contribution in [2.75, 3.05) is 0 Å². The molecule has 11 heteroatoms. The van der Waals surface area contributed by atoms with E-state index in [-0.39, 0.29) is 36.2 Å². The number of carboxylic acid groups (broad SMARTS) is 1. The summed E-state index contributed by atoms with van der Waals surface area (Å²) in [5.41, 5.74) is 7.45. The molecule has 2 aromatic rings. The topological polar surface area (TPSA) is 169 Å². The van der Waals surface area contributed by atoms with Crippen LogP contribution in [0.4, 0.5) is 0 Å². The number of nitrogens with one attached hydrogen (secondary N) is 2. The molecular weight excluding hydrogens is 428 g/mol. The van der Waals surface area contributed by atoms with Crippen molar-refractivity contribution in [3.63, 3.8) is 0 Å². The molecule has 1 aliphatic carbocycles. The normalized spacial score (nSPS) is 18.7. The first kappa shape index (κ1) is 25.8. The van der Waals surface area contributed by atoms with E-state index in [2.05, 4.69) is 20.7 Å². The quantitative estimate of drug-likeness (QED) is 0.446. The zero-order valence-corrected chi connectivity index (χ0v) is 19.2. The average molecular weight is 461 g/mol. The molecule has 2 heterocycles. The third kappa shape index (κ3) is 7.26. The minimum absolute atomic E-state index is 0.00591. The van der Waals surface area contributed by atoms with Crippen LogP contribution in [-0.2, 0) is 21.4 Å². The highest BCUT2D eigenvalue weighted by Gasteiger charge is 2.29. The summed E-state index contributed by atoms with van der Waals surface area (Å²) in [5.74, 6) is -0.718. The molecule has 33 heavy (non-hydrogen) atoms. The summed E-state index contributed by atoms with van der Waals surface area (Å²) >= 11 is 0. The van der Waals surface area contributed by atoms with Crippen LogP contribution in [0, 0.1) is 11.8 Å². The number of carbonyl (C=O) groups is 4. The Bertz CT molecular complexity index is 981. The van der Waals surface area contributed by atoms with E-state index in [0.29, 0.717) is 37.7 Å². The maximum Gasteiger partial charge on any atom is 0.290 e. The van der Waals surface area contributed by atoms with Gasteiger partial charge in [-0.25, -0.2) is 0 Å². The number of hydrogen-bond acceptors (Lipinski definition) is 6. The fourth-order valence-electron chi connectivity index (χ4n) is 3.93. The standard InChI is InChI=1S/C21H30N6O3.CH2O2/c1-12(2)8-16(19(22)28)26-20(29)13-4-6-15(7-5-13)25-21(30)14-9-18-17(23-10-14)11-24-27(18)3;2-1-3/h9-13,15-16H,4-8H2,1-3H3,(H2,22,28)(H,25,30)(H,26,29);1H,(H,2,3)/t13?,15?,16-;/m0./s1. The first-order chi connectivity index (χ1) is 15.7. The van der Waals surface area contributed by atoms with Gasteiger partial charge in [0.2, 0.25) is 11.8 Å². The molecule has 0 bridgehead atoms. The lowest BCUT2D eigenvalue weighted by molar-refractivity contribution is -0.131. The SMILES string of the molecule is CC(C)C[C@H](NC(=O)C1CCC(NC(=O)c2cnc3cnn(C)c3c2)CC1)C(N)=O.O=CO. The predicted octanol–water partition coefficient (Wildman–Crippen LogP) is 0.974. The van der Waals surface area contributed by atoms with Gasteiger partial charge in [0, 0.05) is 25.2 Å². The third-order valence-electron chi connectivity index (χ3n) is 5.66. The van der Waals surface area contributed by atoms with Gasteiger partial charge in [-0.1, -0.05) is 13.8 Å². The molecule has 1 saturated carbocycles. The van der Waals surface area contributed by atoms with Crippen LogP contribution in [0.25, 0.3) is 11.0 Å². The van der Waals surface area contributed by atoms with Gasteiger partial charge in [0.25, 0.3) is 12.4 Å². The molecule has 11 nitrogen and oxygen atoms in total. The second-order valence-electron chi connectivity index (χ2n) is 8.62. The lowest BCUT2D eigenvalue weighted by Crippen LogP contribution is -2.48. The highest BCUT2D eigenvalue weighted by atomic mass is 16.3. The molecule has 0 spiro atoms. The zero-order chi connectivity index (χ0) is 24.5. The van der Waals surface area contributed by atoms with E-state index in [4.69, 9.17) is 15.6 Å². The molecule has 0 unspecified atom stereocenters. The Morgan fingerprint density at radius 3 is 2.45 bits per heavy atom. The van der Waals surface area contributed by atoms with E-state index in [1.807, 2.05) is 20.9 Å². The molecule has 5 N–H and O–H groups in total. The maximum absolute atomic E-state index is 12.6. The van der Waals surface area contributed by atoms with Crippen LogP contribution in [0.1, 0.15) is 56.3 Å². The van der Waals surface area contributed by atoms with Gasteiger partial charge in [-0.2, -0.15) is 5.10 Å². The van der Waals surface area contributed by atoms with Crippen molar-refractivity contribution >= 4 is 35.2 Å². The first-order valence-corrected chi connectivity index (χ1v) is 10.9. The predicted molar refractivity (Wildman–Crippen MR) is 121 cm³/mol. The summed E-state index contributed by atoms with van der Waals surface area (Å²) in [4.78, 5) is 49.4. The van der Waals surface area contributed by atoms with Crippen molar-refractivity contribution in [1.29, 1.82) is 0 Å². The fourth-order valence-corrected chi connectivity index (χ4v) is 3.93. The number of aryl methyl sites for hydroxylation is 1. The van der Waals surface area contributed by atoms with Crippen molar-refractivity contribution < 1.29 is 24.3 Å². The van der Waals surface area contributed by atoms with E-state index in [9.17, 15) is 14.4 Å². The second-order valence-corrected chi connectivity index (χ2v) is 8.62. The molecule has 3 rings (SSSR count). The Morgan fingerprint density at radius 1 is 1.24 bits per heavy atom. The summed E-state index contributed by atoms with van der Waals surface area (Å²) in [6.07, 6.45) is 6.46. The molecule has 180 valence electrons. The Morgan fingerprint density at radius 2 is 1.88 bits per heavy atom. The number of amides is 3. The molecule has 3 amide bonds. The van der Waals surface area contributed by atoms with Gasteiger partial charge in [0.1, 0.15) is 11.6 Å². The number of fused-ring (bicyclic) bond motifs is 1. The van der Waals surface area contributed by atoms with Crippen LogP contribution in [0.15, 0.2) is 18.5 Å². The zero-order valence-electron chi connectivity index (χ0n) is 19.2. The molecule has 2 aromatic heterocycles. The number of aromatic nitrogens is 3. The lowest BCUT2D eigenvalue weighted by atomic mass is 9.85. The van der Waals surface area contributed by atoms with E-state index >= 15 is 0 Å². The van der Waals surface area contributed by atoms with E-state index < -0.39 is 11.9 Å². The number of hydrogen-bond donors (Lipinski definition) is 4. The molecule has 0 aromatic carbocycles. The molecule has 0 saturated heterocycles. The van der Waals surface area contributed by atoms with Crippen LogP contribution in [0.3, 0.4) is 0 Å². The smallest absolute Gasteiger partial charge is 0.290 e. The Kier molecular flexibility index (Phi) is 9.31. The fraction of sp³-hybridized carbons (Fsp3) is 0.545. The van der Waals surface area contributed by atoms with E-state index in [1.165, 1.54) is 0 Å². The van der Waals surface area contributed by atoms with Gasteiger partial charge in [-0.05, 0) is 44.1 Å². The van der Waals surface area contributed by atoms with Crippen LogP contribution in [0.2, 0.25) is 0 Å². The molecule has 1 fully saturated rings. The van der Waals surface area contributed by atoms with Gasteiger partial charge in [-0.15, -0.1) is 0 Å². The van der Waals surface area contributed by atoms with Crippen molar-refractivity contribution in [3.05, 3.63) is 24.0 Å². The minimum atomic E-state index is -0.635. The number of rotatable bonds is 7. The summed E-state index contributed by atoms with van der Waals surface area (Å²) < 4.78 is 1.68. The summed E-state index contributed by atoms with van der Waals surface area (Å²) in [7, 11) is 1.81. The lowest BCUT2D eigenvalue weighted by Gasteiger charge is -2.29. The second kappa shape index (κ2) is 11.9. The summed E-state index contributed by atoms with van der Waals surface area (Å²) in [6.45, 7) is 3.72. The Hall–Kier alpha value is -3.50. The first-order valence-electron chi connectivity index (χ1n) is 10.9. The molecule has 0 aliphatic heterocycles. The molecule has 1 atom stereocenters. The Labute approximate surface area is 192 Å². The van der Waals surface area contributed by atoms with Crippen molar-refractivity contribution in [1.82, 2.24) is 25.4 Å². The van der Waals surface area contributed by atoms with E-state index in [0.717, 1.165) is 11.0 Å². The molecular formula is C22H32N6O5. The minimum Gasteiger partial charge on any atom is -0.483 e. The van der Waals surface area contributed by atoms with Gasteiger partial charge in [0.05, 0.1) is 17.3 Å². The third-order valence-corrected chi connectivity index (χ3v) is 5.66. The van der Waals surface area contributed by atoms with Crippen LogP contribution in [-0.4, -0.2) is 56.1 Å². The van der Waals surface area contributed by atoms with E-state index in [1.54, 1.807) is 23.1 Å².